The van der Waals surface area contributed by atoms with Crippen molar-refractivity contribution in [2.75, 3.05) is 0 Å². The summed E-state index contributed by atoms with van der Waals surface area (Å²) in [5, 5.41) is 4.34. The summed E-state index contributed by atoms with van der Waals surface area (Å²) in [6.07, 6.45) is 3.73. The van der Waals surface area contributed by atoms with Crippen LogP contribution in [0.25, 0.3) is 0 Å². The van der Waals surface area contributed by atoms with Gasteiger partial charge in [-0.1, -0.05) is 60.7 Å². The Labute approximate surface area is 140 Å². The van der Waals surface area contributed by atoms with Crippen LogP contribution >= 0.6 is 0 Å². The van der Waals surface area contributed by atoms with Gasteiger partial charge in [-0.15, -0.1) is 0 Å². The molecule has 118 valence electrons. The molecule has 0 saturated heterocycles. The molecular weight excluding hydrogens is 298 g/mol. The minimum Gasteiger partial charge on any atom is -0.273 e. The molecule has 2 aromatic carbocycles. The third-order valence-electron chi connectivity index (χ3n) is 3.48. The second kappa shape index (κ2) is 7.83. The summed E-state index contributed by atoms with van der Waals surface area (Å²) in [5.41, 5.74) is 6.06. The molecule has 0 aliphatic carbocycles. The van der Waals surface area contributed by atoms with Crippen molar-refractivity contribution in [2.24, 2.45) is 5.10 Å². The van der Waals surface area contributed by atoms with E-state index in [1.165, 1.54) is 0 Å². The molecular formula is C20H17N3O. The lowest BCUT2D eigenvalue weighted by Gasteiger charge is -2.07. The highest BCUT2D eigenvalue weighted by Crippen LogP contribution is 2.09. The molecule has 1 aromatic heterocycles. The van der Waals surface area contributed by atoms with Crippen LogP contribution in [0.15, 0.2) is 90.3 Å². The average molecular weight is 315 g/mol. The molecule has 4 heteroatoms. The lowest BCUT2D eigenvalue weighted by atomic mass is 10.0. The van der Waals surface area contributed by atoms with Crippen LogP contribution in [-0.4, -0.2) is 16.6 Å². The predicted molar refractivity (Wildman–Crippen MR) is 94.6 cm³/mol. The van der Waals surface area contributed by atoms with Crippen molar-refractivity contribution in [3.63, 3.8) is 0 Å². The number of carbonyl (C=O) groups is 1. The molecule has 3 aromatic rings. The van der Waals surface area contributed by atoms with Crippen LogP contribution in [0.1, 0.15) is 16.7 Å². The van der Waals surface area contributed by atoms with E-state index in [9.17, 15) is 4.79 Å². The first-order valence-corrected chi connectivity index (χ1v) is 7.69. The van der Waals surface area contributed by atoms with Crippen molar-refractivity contribution in [3.05, 3.63) is 102 Å². The van der Waals surface area contributed by atoms with Crippen molar-refractivity contribution < 1.29 is 4.79 Å². The van der Waals surface area contributed by atoms with Gasteiger partial charge in [0.15, 0.2) is 0 Å². The molecule has 3 rings (SSSR count). The van der Waals surface area contributed by atoms with Crippen LogP contribution in [0.4, 0.5) is 0 Å². The van der Waals surface area contributed by atoms with Crippen molar-refractivity contribution >= 4 is 11.6 Å². The fraction of sp³-hybridized carbons (Fsp3) is 0.0500. The zero-order chi connectivity index (χ0) is 16.6. The number of nitrogens with zero attached hydrogens (tertiary/aromatic N) is 2. The van der Waals surface area contributed by atoms with Gasteiger partial charge in [0, 0.05) is 23.5 Å². The highest BCUT2D eigenvalue weighted by atomic mass is 16.2. The Morgan fingerprint density at radius 2 is 1.54 bits per heavy atom. The SMILES string of the molecule is O=C(Cc1ccccc1)N/N=C(\c1ccccc1)c1cccnc1. The van der Waals surface area contributed by atoms with E-state index in [1.807, 2.05) is 72.8 Å². The Morgan fingerprint density at radius 1 is 0.875 bits per heavy atom. The van der Waals surface area contributed by atoms with Gasteiger partial charge in [0.25, 0.3) is 0 Å². The molecule has 0 aliphatic rings. The monoisotopic (exact) mass is 315 g/mol. The van der Waals surface area contributed by atoms with Gasteiger partial charge in [-0.05, 0) is 17.7 Å². The molecule has 0 radical (unpaired) electrons. The highest BCUT2D eigenvalue weighted by Gasteiger charge is 2.08. The second-order valence-electron chi connectivity index (χ2n) is 5.27. The molecule has 0 spiro atoms. The number of carbonyl (C=O) groups excluding carboxylic acids is 1. The van der Waals surface area contributed by atoms with Crippen molar-refractivity contribution in [3.8, 4) is 0 Å². The minimum atomic E-state index is -0.154. The second-order valence-corrected chi connectivity index (χ2v) is 5.27. The zero-order valence-corrected chi connectivity index (χ0v) is 13.1. The van der Waals surface area contributed by atoms with E-state index in [1.54, 1.807) is 12.4 Å². The first-order valence-electron chi connectivity index (χ1n) is 7.69. The average Bonchev–Trinajstić information content (AvgIpc) is 2.64. The number of hydrogen-bond acceptors (Lipinski definition) is 3. The number of hydrogen-bond donors (Lipinski definition) is 1. The summed E-state index contributed by atoms with van der Waals surface area (Å²) >= 11 is 0. The molecule has 0 fully saturated rings. The molecule has 1 N–H and O–H groups in total. The number of hydrazone groups is 1. The third-order valence-corrected chi connectivity index (χ3v) is 3.48. The molecule has 0 saturated carbocycles. The van der Waals surface area contributed by atoms with Crippen LogP contribution < -0.4 is 5.43 Å². The Morgan fingerprint density at radius 3 is 2.21 bits per heavy atom. The minimum absolute atomic E-state index is 0.154. The zero-order valence-electron chi connectivity index (χ0n) is 13.1. The van der Waals surface area contributed by atoms with Gasteiger partial charge in [0.1, 0.15) is 0 Å². The standard InChI is InChI=1S/C20H17N3O/c24-19(14-16-8-3-1-4-9-16)22-23-20(17-10-5-2-6-11-17)18-12-7-13-21-15-18/h1-13,15H,14H2,(H,22,24)/b23-20+. The summed E-state index contributed by atoms with van der Waals surface area (Å²) in [6, 6.07) is 23.1. The smallest absolute Gasteiger partial charge is 0.244 e. The highest BCUT2D eigenvalue weighted by molar-refractivity contribution is 6.12. The van der Waals surface area contributed by atoms with Gasteiger partial charge < -0.3 is 0 Å². The number of rotatable bonds is 5. The molecule has 4 nitrogen and oxygen atoms in total. The molecule has 1 heterocycles. The number of benzene rings is 2. The first kappa shape index (κ1) is 15.6. The molecule has 0 bridgehead atoms. The summed E-state index contributed by atoms with van der Waals surface area (Å²) in [7, 11) is 0. The van der Waals surface area contributed by atoms with E-state index >= 15 is 0 Å². The molecule has 24 heavy (non-hydrogen) atoms. The van der Waals surface area contributed by atoms with E-state index in [4.69, 9.17) is 0 Å². The van der Waals surface area contributed by atoms with E-state index < -0.39 is 0 Å². The fourth-order valence-electron chi connectivity index (χ4n) is 2.33. The van der Waals surface area contributed by atoms with Crippen LogP contribution in [0, 0.1) is 0 Å². The lowest BCUT2D eigenvalue weighted by Crippen LogP contribution is -2.22. The Hall–Kier alpha value is -3.27. The Kier molecular flexibility index (Phi) is 5.10. The van der Waals surface area contributed by atoms with E-state index in [2.05, 4.69) is 15.5 Å². The first-order chi connectivity index (χ1) is 11.8. The van der Waals surface area contributed by atoms with Gasteiger partial charge in [-0.2, -0.15) is 5.10 Å². The maximum Gasteiger partial charge on any atom is 0.244 e. The summed E-state index contributed by atoms with van der Waals surface area (Å²) in [6.45, 7) is 0. The van der Waals surface area contributed by atoms with Crippen LogP contribution in [-0.2, 0) is 11.2 Å². The number of nitrogens with one attached hydrogen (secondary N) is 1. The number of pyridine rings is 1. The van der Waals surface area contributed by atoms with Gasteiger partial charge in [-0.25, -0.2) is 5.43 Å². The van der Waals surface area contributed by atoms with Gasteiger partial charge in [0.2, 0.25) is 5.91 Å². The normalized spacial score (nSPS) is 11.1. The number of aromatic nitrogens is 1. The molecule has 0 unspecified atom stereocenters. The van der Waals surface area contributed by atoms with Crippen LogP contribution in [0.2, 0.25) is 0 Å². The van der Waals surface area contributed by atoms with Crippen LogP contribution in [0.5, 0.6) is 0 Å². The largest absolute Gasteiger partial charge is 0.273 e. The summed E-state index contributed by atoms with van der Waals surface area (Å²) in [4.78, 5) is 16.3. The van der Waals surface area contributed by atoms with E-state index in [0.717, 1.165) is 16.7 Å². The van der Waals surface area contributed by atoms with E-state index in [-0.39, 0.29) is 5.91 Å². The van der Waals surface area contributed by atoms with Crippen molar-refractivity contribution in [2.45, 2.75) is 6.42 Å². The Balaban J connectivity index is 1.81. The van der Waals surface area contributed by atoms with Crippen molar-refractivity contribution in [1.82, 2.24) is 10.4 Å². The van der Waals surface area contributed by atoms with Gasteiger partial charge in [0.05, 0.1) is 12.1 Å². The quantitative estimate of drug-likeness (QED) is 0.581. The van der Waals surface area contributed by atoms with E-state index in [0.29, 0.717) is 12.1 Å². The topological polar surface area (TPSA) is 54.4 Å². The summed E-state index contributed by atoms with van der Waals surface area (Å²) < 4.78 is 0. The Bertz CT molecular complexity index is 774. The lowest BCUT2D eigenvalue weighted by molar-refractivity contribution is -0.120. The molecule has 0 atom stereocenters. The van der Waals surface area contributed by atoms with Crippen LogP contribution in [0.3, 0.4) is 0 Å². The summed E-state index contributed by atoms with van der Waals surface area (Å²) in [5.74, 6) is -0.154. The van der Waals surface area contributed by atoms with Gasteiger partial charge >= 0.3 is 0 Å². The molecule has 0 aliphatic heterocycles. The van der Waals surface area contributed by atoms with Gasteiger partial charge in [-0.3, -0.25) is 9.78 Å². The predicted octanol–water partition coefficient (Wildman–Crippen LogP) is 3.19. The third kappa shape index (κ3) is 4.14. The molecule has 1 amide bonds. The number of amides is 1. The maximum atomic E-state index is 12.1. The fourth-order valence-corrected chi connectivity index (χ4v) is 2.33. The van der Waals surface area contributed by atoms with Crippen molar-refractivity contribution in [1.29, 1.82) is 0 Å². The maximum absolute atomic E-state index is 12.1.